The molecule has 0 fully saturated rings. The maximum Gasteiger partial charge on any atom is 0.147 e. The maximum absolute atomic E-state index is 5.76. The molecule has 0 spiro atoms. The van der Waals surface area contributed by atoms with Crippen molar-refractivity contribution >= 4 is 11.5 Å². The van der Waals surface area contributed by atoms with Crippen molar-refractivity contribution in [3.63, 3.8) is 0 Å². The first-order chi connectivity index (χ1) is 9.74. The molecule has 3 rings (SSSR count). The first-order valence-corrected chi connectivity index (χ1v) is 6.27. The minimum Gasteiger partial charge on any atom is -0.396 e. The molecule has 0 aliphatic carbocycles. The molecule has 2 aromatic heterocycles. The molecule has 0 aliphatic heterocycles. The third-order valence-electron chi connectivity index (χ3n) is 3.13. The minimum absolute atomic E-state index is 0.358. The van der Waals surface area contributed by atoms with Gasteiger partial charge in [-0.15, -0.1) is 0 Å². The van der Waals surface area contributed by atoms with Crippen molar-refractivity contribution in [1.82, 2.24) is 9.97 Å². The molecule has 0 saturated carbocycles. The second-order valence-electron chi connectivity index (χ2n) is 4.49. The molecule has 4 N–H and O–H groups in total. The van der Waals surface area contributed by atoms with E-state index in [1.165, 1.54) is 0 Å². The van der Waals surface area contributed by atoms with Gasteiger partial charge in [0.1, 0.15) is 5.82 Å². The molecule has 0 amide bonds. The Morgan fingerprint density at radius 3 is 2.25 bits per heavy atom. The average Bonchev–Trinajstić information content (AvgIpc) is 2.51. The maximum atomic E-state index is 5.76. The molecule has 0 unspecified atom stereocenters. The lowest BCUT2D eigenvalue weighted by molar-refractivity contribution is 1.32. The van der Waals surface area contributed by atoms with Gasteiger partial charge >= 0.3 is 0 Å². The summed E-state index contributed by atoms with van der Waals surface area (Å²) >= 11 is 0. The largest absolute Gasteiger partial charge is 0.396 e. The Labute approximate surface area is 117 Å². The van der Waals surface area contributed by atoms with Crippen molar-refractivity contribution in [2.24, 2.45) is 0 Å². The summed E-state index contributed by atoms with van der Waals surface area (Å²) in [5.74, 6) is 0.358. The summed E-state index contributed by atoms with van der Waals surface area (Å²) < 4.78 is 0. The molecular weight excluding hydrogens is 248 g/mol. The van der Waals surface area contributed by atoms with Crippen molar-refractivity contribution in [3.05, 3.63) is 60.9 Å². The SMILES string of the molecule is Nc1ccc(-c2cccc(-c3ccncc3)c2)nc1N. The Hall–Kier alpha value is -2.88. The van der Waals surface area contributed by atoms with Gasteiger partial charge in [0.05, 0.1) is 11.4 Å². The Balaban J connectivity index is 2.05. The van der Waals surface area contributed by atoms with Crippen LogP contribution in [0.1, 0.15) is 0 Å². The highest BCUT2D eigenvalue weighted by Crippen LogP contribution is 2.26. The number of benzene rings is 1. The molecule has 3 aromatic rings. The van der Waals surface area contributed by atoms with Crippen molar-refractivity contribution < 1.29 is 0 Å². The molecule has 4 heteroatoms. The second-order valence-corrected chi connectivity index (χ2v) is 4.49. The summed E-state index contributed by atoms with van der Waals surface area (Å²) in [4.78, 5) is 8.35. The first kappa shape index (κ1) is 12.2. The fraction of sp³-hybridized carbons (Fsp3) is 0. The molecule has 0 radical (unpaired) electrons. The van der Waals surface area contributed by atoms with Gasteiger partial charge in [-0.2, -0.15) is 0 Å². The van der Waals surface area contributed by atoms with Gasteiger partial charge in [0.2, 0.25) is 0 Å². The van der Waals surface area contributed by atoms with Crippen LogP contribution >= 0.6 is 0 Å². The molecule has 4 nitrogen and oxygen atoms in total. The van der Waals surface area contributed by atoms with E-state index in [9.17, 15) is 0 Å². The van der Waals surface area contributed by atoms with Crippen LogP contribution in [0.5, 0.6) is 0 Å². The molecule has 1 aromatic carbocycles. The minimum atomic E-state index is 0.358. The van der Waals surface area contributed by atoms with Gasteiger partial charge in [-0.1, -0.05) is 18.2 Å². The summed E-state index contributed by atoms with van der Waals surface area (Å²) in [6.45, 7) is 0. The zero-order valence-electron chi connectivity index (χ0n) is 10.8. The molecule has 98 valence electrons. The molecule has 2 heterocycles. The monoisotopic (exact) mass is 262 g/mol. The average molecular weight is 262 g/mol. The lowest BCUT2D eigenvalue weighted by Gasteiger charge is -2.07. The fourth-order valence-electron chi connectivity index (χ4n) is 2.05. The number of hydrogen-bond donors (Lipinski definition) is 2. The van der Waals surface area contributed by atoms with Gasteiger partial charge < -0.3 is 11.5 Å². The fourth-order valence-corrected chi connectivity index (χ4v) is 2.05. The zero-order chi connectivity index (χ0) is 13.9. The van der Waals surface area contributed by atoms with Gasteiger partial charge in [-0.3, -0.25) is 4.98 Å². The molecule has 0 saturated heterocycles. The van der Waals surface area contributed by atoms with E-state index in [2.05, 4.69) is 22.1 Å². The summed E-state index contributed by atoms with van der Waals surface area (Å²) in [6, 6.07) is 15.7. The van der Waals surface area contributed by atoms with E-state index in [-0.39, 0.29) is 0 Å². The number of pyridine rings is 2. The van der Waals surface area contributed by atoms with Crippen LogP contribution in [-0.4, -0.2) is 9.97 Å². The highest BCUT2D eigenvalue weighted by Gasteiger charge is 2.04. The summed E-state index contributed by atoms with van der Waals surface area (Å²) in [7, 11) is 0. The highest BCUT2D eigenvalue weighted by molar-refractivity contribution is 5.73. The van der Waals surface area contributed by atoms with E-state index in [4.69, 9.17) is 11.5 Å². The van der Waals surface area contributed by atoms with E-state index in [0.717, 1.165) is 22.4 Å². The van der Waals surface area contributed by atoms with Crippen molar-refractivity contribution in [1.29, 1.82) is 0 Å². The van der Waals surface area contributed by atoms with Crippen LogP contribution in [0.15, 0.2) is 60.9 Å². The number of aromatic nitrogens is 2. The van der Waals surface area contributed by atoms with Crippen molar-refractivity contribution in [2.75, 3.05) is 11.5 Å². The summed E-state index contributed by atoms with van der Waals surface area (Å²) in [6.07, 6.45) is 3.56. The third-order valence-corrected chi connectivity index (χ3v) is 3.13. The highest BCUT2D eigenvalue weighted by atomic mass is 14.9. The first-order valence-electron chi connectivity index (χ1n) is 6.27. The zero-order valence-corrected chi connectivity index (χ0v) is 10.8. The van der Waals surface area contributed by atoms with Gasteiger partial charge in [0, 0.05) is 18.0 Å². The third kappa shape index (κ3) is 2.31. The number of nitrogens with two attached hydrogens (primary N) is 2. The van der Waals surface area contributed by atoms with E-state index in [1.54, 1.807) is 18.5 Å². The Morgan fingerprint density at radius 1 is 0.750 bits per heavy atom. The normalized spacial score (nSPS) is 10.4. The van der Waals surface area contributed by atoms with Gasteiger partial charge in [0.15, 0.2) is 0 Å². The van der Waals surface area contributed by atoms with Crippen LogP contribution in [0.2, 0.25) is 0 Å². The van der Waals surface area contributed by atoms with Crippen LogP contribution in [0.25, 0.3) is 22.4 Å². The molecule has 0 aliphatic rings. The van der Waals surface area contributed by atoms with Gasteiger partial charge in [0.25, 0.3) is 0 Å². The number of nitrogen functional groups attached to an aromatic ring is 2. The van der Waals surface area contributed by atoms with Crippen LogP contribution in [0.3, 0.4) is 0 Å². The topological polar surface area (TPSA) is 77.8 Å². The van der Waals surface area contributed by atoms with Crippen LogP contribution in [-0.2, 0) is 0 Å². The summed E-state index contributed by atoms with van der Waals surface area (Å²) in [5, 5.41) is 0. The van der Waals surface area contributed by atoms with Crippen molar-refractivity contribution in [2.45, 2.75) is 0 Å². The predicted octanol–water partition coefficient (Wildman–Crippen LogP) is 2.97. The lowest BCUT2D eigenvalue weighted by atomic mass is 10.0. The van der Waals surface area contributed by atoms with Crippen LogP contribution in [0.4, 0.5) is 11.5 Å². The second kappa shape index (κ2) is 5.01. The van der Waals surface area contributed by atoms with Crippen LogP contribution in [0, 0.1) is 0 Å². The van der Waals surface area contributed by atoms with Gasteiger partial charge in [-0.25, -0.2) is 4.98 Å². The number of nitrogens with zero attached hydrogens (tertiary/aromatic N) is 2. The van der Waals surface area contributed by atoms with E-state index >= 15 is 0 Å². The Kier molecular flexibility index (Phi) is 3.05. The molecular formula is C16H14N4. The smallest absolute Gasteiger partial charge is 0.147 e. The van der Waals surface area contributed by atoms with Gasteiger partial charge in [-0.05, 0) is 41.5 Å². The lowest BCUT2D eigenvalue weighted by Crippen LogP contribution is -1.98. The molecule has 0 bridgehead atoms. The van der Waals surface area contributed by atoms with E-state index < -0.39 is 0 Å². The summed E-state index contributed by atoms with van der Waals surface area (Å²) in [5.41, 5.74) is 16.0. The standard InChI is InChI=1S/C16H14N4/c17-14-4-5-15(20-16(14)18)13-3-1-2-12(10-13)11-6-8-19-9-7-11/h1-10H,17H2,(H2,18,20). The number of anilines is 2. The van der Waals surface area contributed by atoms with Crippen LogP contribution < -0.4 is 11.5 Å². The molecule has 20 heavy (non-hydrogen) atoms. The Morgan fingerprint density at radius 2 is 1.50 bits per heavy atom. The van der Waals surface area contributed by atoms with E-state index in [1.807, 2.05) is 30.3 Å². The predicted molar refractivity (Wildman–Crippen MR) is 81.7 cm³/mol. The quantitative estimate of drug-likeness (QED) is 0.744. The van der Waals surface area contributed by atoms with Crippen molar-refractivity contribution in [3.8, 4) is 22.4 Å². The Bertz CT molecular complexity index is 738. The number of rotatable bonds is 2. The molecule has 0 atom stereocenters. The number of hydrogen-bond acceptors (Lipinski definition) is 4. The van der Waals surface area contributed by atoms with E-state index in [0.29, 0.717) is 11.5 Å².